The average molecular weight is 720 g/mol. The second-order valence-electron chi connectivity index (χ2n) is 13.6. The highest BCUT2D eigenvalue weighted by Crippen LogP contribution is 2.50. The third-order valence-corrected chi connectivity index (χ3v) is 11.5. The van der Waals surface area contributed by atoms with Gasteiger partial charge in [-0.25, -0.2) is 0 Å². The molecule has 0 bridgehead atoms. The lowest BCUT2D eigenvalue weighted by molar-refractivity contribution is 0.879. The number of fused-ring (bicyclic) bond motifs is 3. The van der Waals surface area contributed by atoms with Crippen LogP contribution in [0.25, 0.3) is 98.3 Å². The fourth-order valence-electron chi connectivity index (χ4n) is 7.97. The van der Waals surface area contributed by atoms with E-state index in [4.69, 9.17) is 10.2 Å². The SMILES string of the molecule is c1ccc(-c2ccccc2-c2cccc(-c3cccc4sc5ccccc5c34)c2-c2nnnc(-c3ccccc3)c2-c2ccccc2-c2ccccc2)cc1. The summed E-state index contributed by atoms with van der Waals surface area (Å²) in [6.45, 7) is 0. The van der Waals surface area contributed by atoms with Gasteiger partial charge in [0.2, 0.25) is 0 Å². The van der Waals surface area contributed by atoms with Gasteiger partial charge < -0.3 is 0 Å². The first-order valence-electron chi connectivity index (χ1n) is 18.5. The van der Waals surface area contributed by atoms with E-state index >= 15 is 0 Å². The van der Waals surface area contributed by atoms with Crippen molar-refractivity contribution in [1.82, 2.24) is 15.4 Å². The molecule has 2 heterocycles. The Morgan fingerprint density at radius 3 is 1.44 bits per heavy atom. The van der Waals surface area contributed by atoms with Crippen LogP contribution in [-0.4, -0.2) is 15.4 Å². The molecule has 55 heavy (non-hydrogen) atoms. The van der Waals surface area contributed by atoms with Crippen LogP contribution in [-0.2, 0) is 0 Å². The minimum absolute atomic E-state index is 0.780. The van der Waals surface area contributed by atoms with E-state index in [1.165, 1.54) is 20.2 Å². The summed E-state index contributed by atoms with van der Waals surface area (Å²) in [7, 11) is 0. The predicted molar refractivity (Wildman–Crippen MR) is 231 cm³/mol. The molecule has 8 aromatic carbocycles. The standard InChI is InChI=1S/C51H33N3S/c1-4-18-34(19-5-1)37-24-10-12-26-39(37)41-29-16-30-43(42-31-17-33-46-47(42)44-28-14-15-32-45(44)55-46)48(41)51-49(50(52-54-53-51)36-22-8-3-9-23-36)40-27-13-11-25-38(40)35-20-6-2-7-21-35/h1-33H. The van der Waals surface area contributed by atoms with Crippen molar-refractivity contribution in [2.45, 2.75) is 0 Å². The third kappa shape index (κ3) is 5.81. The second-order valence-corrected chi connectivity index (χ2v) is 14.6. The first kappa shape index (κ1) is 32.6. The van der Waals surface area contributed by atoms with Gasteiger partial charge in [0.05, 0.1) is 0 Å². The molecule has 258 valence electrons. The Morgan fingerprint density at radius 2 is 0.745 bits per heavy atom. The van der Waals surface area contributed by atoms with Crippen molar-refractivity contribution >= 4 is 31.5 Å². The number of thiophene rings is 1. The summed E-state index contributed by atoms with van der Waals surface area (Å²) in [5.74, 6) is 0. The molecule has 0 aliphatic heterocycles. The van der Waals surface area contributed by atoms with Gasteiger partial charge >= 0.3 is 0 Å². The number of hydrogen-bond donors (Lipinski definition) is 0. The largest absolute Gasteiger partial charge is 0.135 e. The molecule has 0 saturated heterocycles. The molecule has 0 radical (unpaired) electrons. The normalized spacial score (nSPS) is 11.3. The highest BCUT2D eigenvalue weighted by Gasteiger charge is 2.27. The van der Waals surface area contributed by atoms with Crippen LogP contribution in [0.3, 0.4) is 0 Å². The van der Waals surface area contributed by atoms with Crippen molar-refractivity contribution in [3.63, 3.8) is 0 Å². The summed E-state index contributed by atoms with van der Waals surface area (Å²) >= 11 is 1.83. The molecule has 4 heteroatoms. The Bertz CT molecular complexity index is 2970. The Morgan fingerprint density at radius 1 is 0.291 bits per heavy atom. The fraction of sp³-hybridized carbons (Fsp3) is 0. The average Bonchev–Trinajstić information content (AvgIpc) is 3.66. The molecule has 0 spiro atoms. The smallest absolute Gasteiger partial charge is 0.106 e. The Hall–Kier alpha value is -7.01. The van der Waals surface area contributed by atoms with Crippen LogP contribution in [0.5, 0.6) is 0 Å². The van der Waals surface area contributed by atoms with Crippen LogP contribution in [0.4, 0.5) is 0 Å². The molecular weight excluding hydrogens is 687 g/mol. The maximum absolute atomic E-state index is 5.09. The van der Waals surface area contributed by atoms with Gasteiger partial charge in [-0.2, -0.15) is 0 Å². The monoisotopic (exact) mass is 719 g/mol. The molecule has 0 aliphatic rings. The van der Waals surface area contributed by atoms with E-state index in [2.05, 4.69) is 199 Å². The first-order valence-corrected chi connectivity index (χ1v) is 19.3. The van der Waals surface area contributed by atoms with E-state index in [1.807, 2.05) is 17.4 Å². The number of benzene rings is 8. The third-order valence-electron chi connectivity index (χ3n) is 10.4. The van der Waals surface area contributed by atoms with Crippen molar-refractivity contribution in [1.29, 1.82) is 0 Å². The van der Waals surface area contributed by atoms with Gasteiger partial charge in [-0.1, -0.05) is 188 Å². The Balaban J connectivity index is 1.37. The molecule has 0 N–H and O–H groups in total. The second kappa shape index (κ2) is 14.1. The maximum Gasteiger partial charge on any atom is 0.106 e. The predicted octanol–water partition coefficient (Wildman–Crippen LogP) is 13.9. The zero-order valence-electron chi connectivity index (χ0n) is 29.8. The summed E-state index contributed by atoms with van der Waals surface area (Å²) in [5, 5.41) is 17.0. The molecular formula is C51H33N3S. The number of rotatable bonds is 7. The van der Waals surface area contributed by atoms with Crippen LogP contribution >= 0.6 is 11.3 Å². The minimum Gasteiger partial charge on any atom is -0.135 e. The molecule has 0 fully saturated rings. The number of hydrogen-bond acceptors (Lipinski definition) is 4. The molecule has 0 amide bonds. The van der Waals surface area contributed by atoms with Crippen LogP contribution in [0.1, 0.15) is 0 Å². The summed E-state index contributed by atoms with van der Waals surface area (Å²) in [5.41, 5.74) is 14.5. The van der Waals surface area contributed by atoms with Gasteiger partial charge in [0, 0.05) is 36.9 Å². The summed E-state index contributed by atoms with van der Waals surface area (Å²) in [6, 6.07) is 71.0. The summed E-state index contributed by atoms with van der Waals surface area (Å²) in [4.78, 5) is 0. The molecule has 10 rings (SSSR count). The van der Waals surface area contributed by atoms with E-state index in [0.29, 0.717) is 0 Å². The highest BCUT2D eigenvalue weighted by molar-refractivity contribution is 7.25. The molecule has 3 nitrogen and oxygen atoms in total. The van der Waals surface area contributed by atoms with Crippen molar-refractivity contribution in [2.24, 2.45) is 0 Å². The molecule has 2 aromatic heterocycles. The van der Waals surface area contributed by atoms with E-state index in [-0.39, 0.29) is 0 Å². The van der Waals surface area contributed by atoms with Crippen molar-refractivity contribution in [2.75, 3.05) is 0 Å². The molecule has 0 aliphatic carbocycles. The summed E-state index contributed by atoms with van der Waals surface area (Å²) < 4.78 is 2.52. The first-order chi connectivity index (χ1) is 27.3. The van der Waals surface area contributed by atoms with E-state index in [1.54, 1.807) is 0 Å². The lowest BCUT2D eigenvalue weighted by atomic mass is 9.82. The van der Waals surface area contributed by atoms with E-state index < -0.39 is 0 Å². The zero-order chi connectivity index (χ0) is 36.6. The van der Waals surface area contributed by atoms with Crippen LogP contribution < -0.4 is 0 Å². The van der Waals surface area contributed by atoms with Gasteiger partial charge in [0.1, 0.15) is 11.4 Å². The van der Waals surface area contributed by atoms with Crippen LogP contribution in [0.2, 0.25) is 0 Å². The van der Waals surface area contributed by atoms with Crippen LogP contribution in [0, 0.1) is 0 Å². The minimum atomic E-state index is 0.780. The number of aromatic nitrogens is 3. The molecule has 0 saturated carbocycles. The molecule has 10 aromatic rings. The molecule has 0 unspecified atom stereocenters. The van der Waals surface area contributed by atoms with Crippen molar-refractivity contribution in [3.8, 4) is 78.1 Å². The lowest BCUT2D eigenvalue weighted by Crippen LogP contribution is -2.03. The van der Waals surface area contributed by atoms with Gasteiger partial charge in [-0.05, 0) is 67.4 Å². The van der Waals surface area contributed by atoms with Crippen LogP contribution in [0.15, 0.2) is 200 Å². The zero-order valence-corrected chi connectivity index (χ0v) is 30.6. The highest BCUT2D eigenvalue weighted by atomic mass is 32.1. The lowest BCUT2D eigenvalue weighted by Gasteiger charge is -2.22. The van der Waals surface area contributed by atoms with E-state index in [0.717, 1.165) is 78.1 Å². The van der Waals surface area contributed by atoms with Crippen molar-refractivity contribution < 1.29 is 0 Å². The van der Waals surface area contributed by atoms with Crippen molar-refractivity contribution in [3.05, 3.63) is 200 Å². The fourth-order valence-corrected chi connectivity index (χ4v) is 9.10. The van der Waals surface area contributed by atoms with Gasteiger partial charge in [-0.15, -0.1) is 21.5 Å². The topological polar surface area (TPSA) is 38.7 Å². The Kier molecular flexibility index (Phi) is 8.36. The van der Waals surface area contributed by atoms with E-state index in [9.17, 15) is 0 Å². The van der Waals surface area contributed by atoms with Gasteiger partial charge in [-0.3, -0.25) is 0 Å². The quantitative estimate of drug-likeness (QED) is 0.165. The number of nitrogens with zero attached hydrogens (tertiary/aromatic N) is 3. The van der Waals surface area contributed by atoms with Gasteiger partial charge in [0.25, 0.3) is 0 Å². The Labute approximate surface area is 323 Å². The van der Waals surface area contributed by atoms with Gasteiger partial charge in [0.15, 0.2) is 0 Å². The molecule has 0 atom stereocenters. The summed E-state index contributed by atoms with van der Waals surface area (Å²) in [6.07, 6.45) is 0. The maximum atomic E-state index is 5.09.